The highest BCUT2D eigenvalue weighted by molar-refractivity contribution is 6.36. The Bertz CT molecular complexity index is 883. The molecule has 0 N–H and O–H groups in total. The predicted molar refractivity (Wildman–Crippen MR) is 102 cm³/mol. The lowest BCUT2D eigenvalue weighted by molar-refractivity contribution is -0.123. The molecule has 1 aromatic rings. The number of amides is 1. The van der Waals surface area contributed by atoms with Gasteiger partial charge in [0, 0.05) is 39.3 Å². The number of benzene rings is 1. The van der Waals surface area contributed by atoms with E-state index in [2.05, 4.69) is 16.5 Å². The van der Waals surface area contributed by atoms with Crippen LogP contribution in [0.1, 0.15) is 11.1 Å². The van der Waals surface area contributed by atoms with Gasteiger partial charge in [0.1, 0.15) is 17.7 Å². The lowest BCUT2D eigenvalue weighted by Gasteiger charge is -2.41. The van der Waals surface area contributed by atoms with Crippen LogP contribution in [-0.2, 0) is 4.79 Å². The van der Waals surface area contributed by atoms with Crippen LogP contribution in [0.3, 0.4) is 0 Å². The normalized spacial score (nSPS) is 22.9. The number of carbonyl (C=O) groups is 1. The summed E-state index contributed by atoms with van der Waals surface area (Å²) in [7, 11) is 5.40. The van der Waals surface area contributed by atoms with Crippen molar-refractivity contribution in [1.82, 2.24) is 9.80 Å². The molecule has 6 nitrogen and oxygen atoms in total. The van der Waals surface area contributed by atoms with Crippen molar-refractivity contribution in [2.45, 2.75) is 13.0 Å². The quantitative estimate of drug-likeness (QED) is 0.694. The highest BCUT2D eigenvalue weighted by Gasteiger charge is 2.44. The molecule has 0 bridgehead atoms. The fraction of sp³-hybridized carbons (Fsp3) is 0.444. The van der Waals surface area contributed by atoms with Crippen LogP contribution < -0.4 is 9.80 Å². The van der Waals surface area contributed by atoms with E-state index in [-0.39, 0.29) is 11.6 Å². The van der Waals surface area contributed by atoms with Gasteiger partial charge in [-0.1, -0.05) is 18.2 Å². The molecule has 0 saturated carbocycles. The van der Waals surface area contributed by atoms with E-state index in [0.717, 1.165) is 6.54 Å². The molecule has 1 unspecified atom stereocenters. The summed E-state index contributed by atoms with van der Waals surface area (Å²) < 4.78 is 15.2. The molecule has 138 valence electrons. The largest absolute Gasteiger partial charge is 0.341 e. The maximum Gasteiger partial charge on any atom is 0.250 e. The van der Waals surface area contributed by atoms with Crippen molar-refractivity contribution in [3.8, 4) is 0 Å². The van der Waals surface area contributed by atoms with Gasteiger partial charge < -0.3 is 19.6 Å². The van der Waals surface area contributed by atoms with Crippen LogP contribution in [-0.4, -0.2) is 68.4 Å². The zero-order valence-electron chi connectivity index (χ0n) is 15.3. The van der Waals surface area contributed by atoms with Gasteiger partial charge in [0.2, 0.25) is 0 Å². The second-order valence-electron chi connectivity index (χ2n) is 7.10. The number of fused-ring (bicyclic) bond motifs is 2. The van der Waals surface area contributed by atoms with Crippen molar-refractivity contribution in [2.24, 2.45) is 4.99 Å². The summed E-state index contributed by atoms with van der Waals surface area (Å²) in [5, 5.41) is 0.325. The van der Waals surface area contributed by atoms with Gasteiger partial charge in [0.25, 0.3) is 5.91 Å². The molecule has 3 aliphatic heterocycles. The zero-order chi connectivity index (χ0) is 18.9. The summed E-state index contributed by atoms with van der Waals surface area (Å²) in [5.41, 5.74) is 1.77. The number of anilines is 2. The van der Waals surface area contributed by atoms with Crippen molar-refractivity contribution in [3.05, 3.63) is 34.4 Å². The van der Waals surface area contributed by atoms with Crippen molar-refractivity contribution >= 4 is 34.7 Å². The van der Waals surface area contributed by atoms with E-state index in [1.807, 2.05) is 11.9 Å². The van der Waals surface area contributed by atoms with Gasteiger partial charge in [0.15, 0.2) is 5.82 Å². The average molecular weight is 378 g/mol. The summed E-state index contributed by atoms with van der Waals surface area (Å²) >= 11 is 6.52. The van der Waals surface area contributed by atoms with Crippen LogP contribution in [0, 0.1) is 12.7 Å². The molecule has 8 heteroatoms. The molecule has 0 spiro atoms. The van der Waals surface area contributed by atoms with Gasteiger partial charge in [-0.3, -0.25) is 4.79 Å². The summed E-state index contributed by atoms with van der Waals surface area (Å²) in [4.78, 5) is 25.0. The predicted octanol–water partition coefficient (Wildman–Crippen LogP) is 2.05. The van der Waals surface area contributed by atoms with E-state index in [0.29, 0.717) is 46.6 Å². The third-order valence-electron chi connectivity index (χ3n) is 5.54. The van der Waals surface area contributed by atoms with E-state index < -0.39 is 11.9 Å². The molecule has 3 heterocycles. The van der Waals surface area contributed by atoms with Gasteiger partial charge in [-0.25, -0.2) is 9.38 Å². The standard InChI is InChI=1S/C18H21ClFN5O/c1-9-13(19)15-12-16(14(9)20)24(5)18(26)11-8-22(3)6-7-25(11)17(12)21-10(2)23(15)4/h11H,2,6-8H2,1,3-5H3. The Labute approximate surface area is 157 Å². The second-order valence-corrected chi connectivity index (χ2v) is 7.48. The van der Waals surface area contributed by atoms with E-state index in [1.54, 1.807) is 25.9 Å². The number of amidine groups is 1. The van der Waals surface area contributed by atoms with Crippen molar-refractivity contribution < 1.29 is 9.18 Å². The summed E-state index contributed by atoms with van der Waals surface area (Å²) in [6.45, 7) is 7.62. The number of likely N-dealkylation sites (N-methyl/N-ethyl adjacent to an activating group) is 2. The molecule has 26 heavy (non-hydrogen) atoms. The minimum Gasteiger partial charge on any atom is -0.341 e. The topological polar surface area (TPSA) is 42.4 Å². The minimum atomic E-state index is -0.480. The first-order chi connectivity index (χ1) is 12.2. The highest BCUT2D eigenvalue weighted by Crippen LogP contribution is 2.46. The minimum absolute atomic E-state index is 0.148. The number of aliphatic imine (C=N–C) groups is 1. The zero-order valence-corrected chi connectivity index (χ0v) is 16.1. The van der Waals surface area contributed by atoms with Crippen LogP contribution in [0.15, 0.2) is 17.4 Å². The molecule has 1 aromatic carbocycles. The third-order valence-corrected chi connectivity index (χ3v) is 6.00. The van der Waals surface area contributed by atoms with Crippen molar-refractivity contribution in [1.29, 1.82) is 0 Å². The lowest BCUT2D eigenvalue weighted by Crippen LogP contribution is -2.59. The molecular weight excluding hydrogens is 357 g/mol. The van der Waals surface area contributed by atoms with E-state index >= 15 is 4.39 Å². The number of halogens is 2. The number of nitrogens with zero attached hydrogens (tertiary/aromatic N) is 5. The first-order valence-electron chi connectivity index (χ1n) is 8.50. The van der Waals surface area contributed by atoms with Gasteiger partial charge >= 0.3 is 0 Å². The molecule has 4 rings (SSSR count). The Kier molecular flexibility index (Phi) is 3.79. The highest BCUT2D eigenvalue weighted by atomic mass is 35.5. The molecule has 3 aliphatic rings. The van der Waals surface area contributed by atoms with E-state index in [9.17, 15) is 4.79 Å². The fourth-order valence-electron chi connectivity index (χ4n) is 3.93. The molecular formula is C18H21ClFN5O. The summed E-state index contributed by atoms with van der Waals surface area (Å²) in [6.07, 6.45) is 0. The molecule has 0 aromatic heterocycles. The van der Waals surface area contributed by atoms with Crippen LogP contribution in [0.4, 0.5) is 15.8 Å². The first-order valence-corrected chi connectivity index (χ1v) is 8.87. The van der Waals surface area contributed by atoms with E-state index in [1.165, 1.54) is 4.90 Å². The smallest absolute Gasteiger partial charge is 0.250 e. The molecule has 1 saturated heterocycles. The van der Waals surface area contributed by atoms with Crippen molar-refractivity contribution in [3.63, 3.8) is 0 Å². The van der Waals surface area contributed by atoms with E-state index in [4.69, 9.17) is 11.6 Å². The van der Waals surface area contributed by atoms with Crippen molar-refractivity contribution in [2.75, 3.05) is 50.6 Å². The number of hydrogen-bond donors (Lipinski definition) is 0. The second kappa shape index (κ2) is 5.69. The number of hydrogen-bond acceptors (Lipinski definition) is 5. The monoisotopic (exact) mass is 377 g/mol. The Morgan fingerprint density at radius 3 is 2.58 bits per heavy atom. The van der Waals surface area contributed by atoms with Gasteiger partial charge in [0.05, 0.1) is 22.0 Å². The lowest BCUT2D eigenvalue weighted by atomic mass is 10.0. The maximum atomic E-state index is 15.2. The molecule has 1 fully saturated rings. The molecule has 1 amide bonds. The Morgan fingerprint density at radius 2 is 1.88 bits per heavy atom. The Hall–Kier alpha value is -2.12. The van der Waals surface area contributed by atoms with Crippen LogP contribution in [0.2, 0.25) is 5.02 Å². The van der Waals surface area contributed by atoms with Crippen LogP contribution in [0.25, 0.3) is 0 Å². The summed E-state index contributed by atoms with van der Waals surface area (Å²) in [6, 6.07) is -0.424. The molecule has 1 atom stereocenters. The fourth-order valence-corrected chi connectivity index (χ4v) is 4.24. The average Bonchev–Trinajstić information content (AvgIpc) is 2.69. The Morgan fingerprint density at radius 1 is 1.19 bits per heavy atom. The third kappa shape index (κ3) is 2.13. The maximum absolute atomic E-state index is 15.2. The Balaban J connectivity index is 2.08. The summed E-state index contributed by atoms with van der Waals surface area (Å²) in [5.74, 6) is 0.465. The van der Waals surface area contributed by atoms with Crippen LogP contribution >= 0.6 is 11.6 Å². The number of rotatable bonds is 0. The van der Waals surface area contributed by atoms with Gasteiger partial charge in [-0.15, -0.1) is 0 Å². The van der Waals surface area contributed by atoms with Crippen LogP contribution in [0.5, 0.6) is 0 Å². The van der Waals surface area contributed by atoms with Gasteiger partial charge in [-0.05, 0) is 14.0 Å². The number of carbonyl (C=O) groups excluding carboxylic acids is 1. The molecule has 0 aliphatic carbocycles. The van der Waals surface area contributed by atoms with Gasteiger partial charge in [-0.2, -0.15) is 0 Å². The number of piperazine rings is 1. The SMILES string of the molecule is C=C1N=C2c3c(c(F)c(C)c(Cl)c3N1C)N(C)C(=O)C1CN(C)CCN21. The first kappa shape index (κ1) is 17.3. The molecule has 0 radical (unpaired) electrons.